The van der Waals surface area contributed by atoms with E-state index in [0.29, 0.717) is 16.4 Å². The van der Waals surface area contributed by atoms with Crippen LogP contribution >= 0.6 is 11.6 Å². The van der Waals surface area contributed by atoms with Crippen molar-refractivity contribution in [2.75, 3.05) is 16.6 Å². The Morgan fingerprint density at radius 2 is 1.80 bits per heavy atom. The van der Waals surface area contributed by atoms with Crippen LogP contribution in [-0.4, -0.2) is 26.2 Å². The van der Waals surface area contributed by atoms with Crippen LogP contribution in [0, 0.1) is 5.92 Å². The molecule has 9 heteroatoms. The predicted octanol–water partition coefficient (Wildman–Crippen LogP) is 1.77. The maximum atomic E-state index is 12.6. The molecule has 1 heterocycles. The molecule has 2 atom stereocenters. The third-order valence-corrected chi connectivity index (χ3v) is 5.60. The molecule has 2 aromatic rings. The molecule has 1 saturated heterocycles. The van der Waals surface area contributed by atoms with Gasteiger partial charge in [0.2, 0.25) is 5.91 Å². The van der Waals surface area contributed by atoms with E-state index in [1.807, 2.05) is 0 Å². The summed E-state index contributed by atoms with van der Waals surface area (Å²) in [6.45, 7) is 0.187. The Hall–Kier alpha value is -2.13. The first-order chi connectivity index (χ1) is 12.0. The maximum Gasteiger partial charge on any atom is 0.250 e. The fourth-order valence-electron chi connectivity index (χ4n) is 2.54. The molecular weight excluding hydrogens is 364 g/mol. The number of halogens is 1. The quantitative estimate of drug-likeness (QED) is 0.633. The molecule has 0 saturated carbocycles. The largest absolute Gasteiger partial charge is 0.326 e. The average molecular weight is 381 g/mol. The first-order valence-corrected chi connectivity index (χ1v) is 9.50. The number of carbonyl (C=O) groups is 1. The Labute approximate surface area is 150 Å². The molecule has 0 radical (unpaired) electrons. The van der Waals surface area contributed by atoms with E-state index < -0.39 is 27.2 Å². The van der Waals surface area contributed by atoms with Crippen molar-refractivity contribution in [3.05, 3.63) is 59.6 Å². The lowest BCUT2D eigenvalue weighted by molar-refractivity contribution is -0.119. The third kappa shape index (κ3) is 4.29. The highest BCUT2D eigenvalue weighted by Crippen LogP contribution is 2.21. The third-order valence-electron chi connectivity index (χ3n) is 3.73. The highest BCUT2D eigenvalue weighted by Gasteiger charge is 2.41. The molecule has 4 N–H and O–H groups in total. The van der Waals surface area contributed by atoms with Crippen molar-refractivity contribution in [2.24, 2.45) is 5.92 Å². The smallest absolute Gasteiger partial charge is 0.250 e. The van der Waals surface area contributed by atoms with E-state index in [-0.39, 0.29) is 6.54 Å². The Kier molecular flexibility index (Phi) is 5.24. The molecule has 1 fully saturated rings. The number of benzene rings is 2. The zero-order valence-electron chi connectivity index (χ0n) is 13.1. The standard InChI is InChI=1S/C16H17ClN4O3S/c17-11-5-4-8-13(9-11)19-15(22)14-10-18-20-16(14)25(23,24)21-12-6-2-1-3-7-12/h1-9,14,16,18,20-21H,10H2,(H,19,22). The second kappa shape index (κ2) is 7.40. The van der Waals surface area contributed by atoms with E-state index in [9.17, 15) is 13.2 Å². The lowest BCUT2D eigenvalue weighted by Crippen LogP contribution is -2.45. The zero-order chi connectivity index (χ0) is 17.9. The van der Waals surface area contributed by atoms with E-state index in [1.165, 1.54) is 0 Å². The molecule has 1 aliphatic rings. The monoisotopic (exact) mass is 380 g/mol. The molecule has 7 nitrogen and oxygen atoms in total. The number of sulfonamides is 1. The summed E-state index contributed by atoms with van der Waals surface area (Å²) < 4.78 is 27.7. The van der Waals surface area contributed by atoms with Crippen LogP contribution in [0.3, 0.4) is 0 Å². The Morgan fingerprint density at radius 1 is 1.08 bits per heavy atom. The van der Waals surface area contributed by atoms with E-state index in [4.69, 9.17) is 11.6 Å². The molecule has 132 valence electrons. The van der Waals surface area contributed by atoms with Gasteiger partial charge in [-0.25, -0.2) is 13.8 Å². The summed E-state index contributed by atoms with van der Waals surface area (Å²) in [5.74, 6) is -1.22. The molecule has 3 rings (SSSR count). The van der Waals surface area contributed by atoms with E-state index >= 15 is 0 Å². The highest BCUT2D eigenvalue weighted by molar-refractivity contribution is 7.93. The van der Waals surface area contributed by atoms with Crippen molar-refractivity contribution < 1.29 is 13.2 Å². The van der Waals surface area contributed by atoms with E-state index in [0.717, 1.165) is 0 Å². The number of hydrazine groups is 1. The predicted molar refractivity (Wildman–Crippen MR) is 97.5 cm³/mol. The van der Waals surface area contributed by atoms with Gasteiger partial charge in [0.05, 0.1) is 5.92 Å². The number of para-hydroxylation sites is 1. The van der Waals surface area contributed by atoms with Crippen molar-refractivity contribution >= 4 is 38.9 Å². The van der Waals surface area contributed by atoms with Crippen molar-refractivity contribution in [1.29, 1.82) is 0 Å². The van der Waals surface area contributed by atoms with Crippen LogP contribution in [-0.2, 0) is 14.8 Å². The fourth-order valence-corrected chi connectivity index (χ4v) is 4.21. The van der Waals surface area contributed by atoms with Gasteiger partial charge in [-0.2, -0.15) is 0 Å². The average Bonchev–Trinajstić information content (AvgIpc) is 3.06. The van der Waals surface area contributed by atoms with E-state index in [1.54, 1.807) is 54.6 Å². The molecule has 2 aromatic carbocycles. The number of carbonyl (C=O) groups excluding carboxylic acids is 1. The number of nitrogens with one attached hydrogen (secondary N) is 4. The van der Waals surface area contributed by atoms with Gasteiger partial charge in [-0.1, -0.05) is 35.9 Å². The summed E-state index contributed by atoms with van der Waals surface area (Å²) in [7, 11) is -3.82. The first kappa shape index (κ1) is 17.7. The Morgan fingerprint density at radius 3 is 2.52 bits per heavy atom. The van der Waals surface area contributed by atoms with Crippen LogP contribution in [0.2, 0.25) is 5.02 Å². The summed E-state index contributed by atoms with van der Waals surface area (Å²) in [6, 6.07) is 15.2. The molecule has 2 unspecified atom stereocenters. The van der Waals surface area contributed by atoms with Crippen LogP contribution < -0.4 is 20.9 Å². The van der Waals surface area contributed by atoms with Crippen molar-refractivity contribution in [1.82, 2.24) is 10.9 Å². The van der Waals surface area contributed by atoms with Crippen LogP contribution in [0.5, 0.6) is 0 Å². The van der Waals surface area contributed by atoms with Gasteiger partial charge >= 0.3 is 0 Å². The summed E-state index contributed by atoms with van der Waals surface area (Å²) in [5, 5.41) is 2.07. The summed E-state index contributed by atoms with van der Waals surface area (Å²) in [6.07, 6.45) is 0. The lowest BCUT2D eigenvalue weighted by atomic mass is 10.1. The van der Waals surface area contributed by atoms with Gasteiger partial charge in [0.1, 0.15) is 0 Å². The van der Waals surface area contributed by atoms with Gasteiger partial charge in [-0.3, -0.25) is 14.9 Å². The zero-order valence-corrected chi connectivity index (χ0v) is 14.6. The van der Waals surface area contributed by atoms with Crippen molar-refractivity contribution in [3.63, 3.8) is 0 Å². The van der Waals surface area contributed by atoms with Crippen LogP contribution in [0.4, 0.5) is 11.4 Å². The second-order valence-corrected chi connectivity index (χ2v) is 7.80. The molecule has 0 spiro atoms. The topological polar surface area (TPSA) is 99.3 Å². The second-order valence-electron chi connectivity index (χ2n) is 5.57. The normalized spacial score (nSPS) is 20.2. The minimum Gasteiger partial charge on any atom is -0.326 e. The lowest BCUT2D eigenvalue weighted by Gasteiger charge is -2.19. The van der Waals surface area contributed by atoms with Crippen LogP contribution in [0.1, 0.15) is 0 Å². The van der Waals surface area contributed by atoms with Crippen molar-refractivity contribution in [2.45, 2.75) is 5.37 Å². The number of rotatable bonds is 5. The molecular formula is C16H17ClN4O3S. The first-order valence-electron chi connectivity index (χ1n) is 7.57. The van der Waals surface area contributed by atoms with Gasteiger partial charge < -0.3 is 5.32 Å². The Balaban J connectivity index is 1.74. The summed E-state index contributed by atoms with van der Waals surface area (Å²) in [5.41, 5.74) is 6.34. The number of hydrogen-bond donors (Lipinski definition) is 4. The molecule has 0 aliphatic carbocycles. The minimum absolute atomic E-state index is 0.187. The van der Waals surface area contributed by atoms with Crippen LogP contribution in [0.25, 0.3) is 0 Å². The minimum atomic E-state index is -3.82. The summed E-state index contributed by atoms with van der Waals surface area (Å²) >= 11 is 5.90. The number of anilines is 2. The van der Waals surface area contributed by atoms with Gasteiger partial charge in [-0.05, 0) is 30.3 Å². The van der Waals surface area contributed by atoms with Gasteiger partial charge in [-0.15, -0.1) is 0 Å². The van der Waals surface area contributed by atoms with Gasteiger partial charge in [0, 0.05) is 22.9 Å². The fraction of sp³-hybridized carbons (Fsp3) is 0.188. The summed E-state index contributed by atoms with van der Waals surface area (Å²) in [4.78, 5) is 12.5. The number of amides is 1. The van der Waals surface area contributed by atoms with E-state index in [2.05, 4.69) is 20.9 Å². The molecule has 1 amide bonds. The number of hydrogen-bond acceptors (Lipinski definition) is 5. The molecule has 25 heavy (non-hydrogen) atoms. The highest BCUT2D eigenvalue weighted by atomic mass is 35.5. The van der Waals surface area contributed by atoms with Crippen molar-refractivity contribution in [3.8, 4) is 0 Å². The SMILES string of the molecule is O=C(Nc1cccc(Cl)c1)C1CNNC1S(=O)(=O)Nc1ccccc1. The Bertz CT molecular complexity index is 861. The molecule has 0 aromatic heterocycles. The maximum absolute atomic E-state index is 12.6. The van der Waals surface area contributed by atoms with Gasteiger partial charge in [0.25, 0.3) is 10.0 Å². The molecule has 0 bridgehead atoms. The van der Waals surface area contributed by atoms with Crippen LogP contribution in [0.15, 0.2) is 54.6 Å². The molecule has 1 aliphatic heterocycles. The van der Waals surface area contributed by atoms with Gasteiger partial charge in [0.15, 0.2) is 5.37 Å².